The summed E-state index contributed by atoms with van der Waals surface area (Å²) in [5.41, 5.74) is 2.86. The van der Waals surface area contributed by atoms with Crippen molar-refractivity contribution in [3.8, 4) is 16.9 Å². The van der Waals surface area contributed by atoms with Crippen LogP contribution in [0.1, 0.15) is 10.4 Å². The van der Waals surface area contributed by atoms with E-state index in [1.165, 1.54) is 0 Å². The first-order valence-electron chi connectivity index (χ1n) is 6.11. The second kappa shape index (κ2) is 6.71. The van der Waals surface area contributed by atoms with Gasteiger partial charge >= 0.3 is 0 Å². The number of hydrogen-bond acceptors (Lipinski definition) is 3. The van der Waals surface area contributed by atoms with Crippen LogP contribution in [0.4, 0.5) is 0 Å². The highest BCUT2D eigenvalue weighted by Crippen LogP contribution is 2.22. The van der Waals surface area contributed by atoms with Gasteiger partial charge in [0.15, 0.2) is 0 Å². The van der Waals surface area contributed by atoms with Crippen LogP contribution in [0.15, 0.2) is 48.5 Å². The van der Waals surface area contributed by atoms with Crippen molar-refractivity contribution in [3.63, 3.8) is 0 Å². The molecule has 0 saturated heterocycles. The Morgan fingerprint density at radius 1 is 0.895 bits per heavy atom. The monoisotopic (exact) mass is 256 g/mol. The molecule has 0 N–H and O–H groups in total. The molecule has 3 heteroatoms. The van der Waals surface area contributed by atoms with Crippen LogP contribution in [0.2, 0.25) is 0 Å². The number of ether oxygens (including phenoxy) is 2. The van der Waals surface area contributed by atoms with E-state index in [9.17, 15) is 4.79 Å². The molecule has 0 unspecified atom stereocenters. The summed E-state index contributed by atoms with van der Waals surface area (Å²) >= 11 is 0. The Labute approximate surface area is 112 Å². The van der Waals surface area contributed by atoms with Crippen LogP contribution in [0.3, 0.4) is 0 Å². The average Bonchev–Trinajstić information content (AvgIpc) is 2.48. The van der Waals surface area contributed by atoms with E-state index in [4.69, 9.17) is 9.47 Å². The van der Waals surface area contributed by atoms with Gasteiger partial charge in [0.05, 0.1) is 6.61 Å². The summed E-state index contributed by atoms with van der Waals surface area (Å²) in [6.45, 7) is 1.12. The van der Waals surface area contributed by atoms with Crippen molar-refractivity contribution in [3.05, 3.63) is 54.1 Å². The molecule has 0 aromatic heterocycles. The number of aldehydes is 1. The molecule has 2 aromatic carbocycles. The lowest BCUT2D eigenvalue weighted by atomic mass is 10.0. The van der Waals surface area contributed by atoms with Gasteiger partial charge in [0, 0.05) is 12.7 Å². The van der Waals surface area contributed by atoms with Crippen molar-refractivity contribution < 1.29 is 14.3 Å². The Morgan fingerprint density at radius 2 is 1.47 bits per heavy atom. The van der Waals surface area contributed by atoms with Gasteiger partial charge in [-0.1, -0.05) is 36.4 Å². The molecular formula is C16H16O3. The van der Waals surface area contributed by atoms with E-state index in [0.29, 0.717) is 18.8 Å². The number of hydrogen-bond donors (Lipinski definition) is 0. The van der Waals surface area contributed by atoms with Gasteiger partial charge in [-0.2, -0.15) is 0 Å². The average molecular weight is 256 g/mol. The minimum absolute atomic E-state index is 0.546. The van der Waals surface area contributed by atoms with Gasteiger partial charge in [-0.25, -0.2) is 0 Å². The molecule has 2 aromatic rings. The maximum absolute atomic E-state index is 10.6. The van der Waals surface area contributed by atoms with Crippen LogP contribution >= 0.6 is 0 Å². The van der Waals surface area contributed by atoms with E-state index in [2.05, 4.69) is 0 Å². The van der Waals surface area contributed by atoms with Gasteiger partial charge in [0.25, 0.3) is 0 Å². The van der Waals surface area contributed by atoms with Crippen molar-refractivity contribution in [2.45, 2.75) is 0 Å². The van der Waals surface area contributed by atoms with Crippen molar-refractivity contribution in [2.75, 3.05) is 20.3 Å². The predicted molar refractivity (Wildman–Crippen MR) is 74.6 cm³/mol. The molecule has 0 spiro atoms. The lowest BCUT2D eigenvalue weighted by molar-refractivity contribution is 0.112. The first-order valence-corrected chi connectivity index (χ1v) is 6.11. The number of methoxy groups -OCH3 is 1. The van der Waals surface area contributed by atoms with Crippen LogP contribution in [-0.2, 0) is 4.74 Å². The molecule has 0 bridgehead atoms. The first kappa shape index (κ1) is 13.3. The largest absolute Gasteiger partial charge is 0.491 e. The fraction of sp³-hybridized carbons (Fsp3) is 0.188. The van der Waals surface area contributed by atoms with Crippen LogP contribution in [0.25, 0.3) is 11.1 Å². The van der Waals surface area contributed by atoms with Gasteiger partial charge in [-0.15, -0.1) is 0 Å². The Balaban J connectivity index is 2.06. The van der Waals surface area contributed by atoms with Gasteiger partial charge in [-0.05, 0) is 23.3 Å². The smallest absolute Gasteiger partial charge is 0.150 e. The molecule has 0 aliphatic rings. The van der Waals surface area contributed by atoms with Crippen LogP contribution < -0.4 is 4.74 Å². The summed E-state index contributed by atoms with van der Waals surface area (Å²) in [5.74, 6) is 0.824. The summed E-state index contributed by atoms with van der Waals surface area (Å²) in [7, 11) is 1.65. The number of carbonyl (C=O) groups excluding carboxylic acids is 1. The molecule has 0 heterocycles. The minimum atomic E-state index is 0.546. The van der Waals surface area contributed by atoms with E-state index < -0.39 is 0 Å². The summed E-state index contributed by atoms with van der Waals surface area (Å²) in [6, 6.07) is 15.3. The third kappa shape index (κ3) is 3.66. The summed E-state index contributed by atoms with van der Waals surface area (Å²) in [6.07, 6.45) is 0.844. The van der Waals surface area contributed by atoms with E-state index in [-0.39, 0.29) is 0 Å². The summed E-state index contributed by atoms with van der Waals surface area (Å²) in [5, 5.41) is 0. The fourth-order valence-corrected chi connectivity index (χ4v) is 1.74. The minimum Gasteiger partial charge on any atom is -0.491 e. The molecule has 0 aliphatic heterocycles. The second-order valence-corrected chi connectivity index (χ2v) is 4.11. The van der Waals surface area contributed by atoms with Crippen molar-refractivity contribution in [1.82, 2.24) is 0 Å². The van der Waals surface area contributed by atoms with Crippen molar-refractivity contribution in [1.29, 1.82) is 0 Å². The molecule has 0 atom stereocenters. The second-order valence-electron chi connectivity index (χ2n) is 4.11. The van der Waals surface area contributed by atoms with Gasteiger partial charge in [-0.3, -0.25) is 4.79 Å². The third-order valence-electron chi connectivity index (χ3n) is 2.79. The van der Waals surface area contributed by atoms with Gasteiger partial charge in [0.2, 0.25) is 0 Å². The highest BCUT2D eigenvalue weighted by atomic mass is 16.5. The van der Waals surface area contributed by atoms with E-state index >= 15 is 0 Å². The predicted octanol–water partition coefficient (Wildman–Crippen LogP) is 3.19. The highest BCUT2D eigenvalue weighted by molar-refractivity contribution is 5.76. The van der Waals surface area contributed by atoms with Crippen LogP contribution in [0.5, 0.6) is 5.75 Å². The Hall–Kier alpha value is -2.13. The molecule has 0 fully saturated rings. The van der Waals surface area contributed by atoms with E-state index in [1.54, 1.807) is 7.11 Å². The molecule has 0 aliphatic carbocycles. The maximum atomic E-state index is 10.6. The third-order valence-corrected chi connectivity index (χ3v) is 2.79. The normalized spacial score (nSPS) is 10.2. The van der Waals surface area contributed by atoms with Crippen LogP contribution in [-0.4, -0.2) is 26.6 Å². The van der Waals surface area contributed by atoms with Gasteiger partial charge in [0.1, 0.15) is 18.6 Å². The first-order chi connectivity index (χ1) is 9.33. The lowest BCUT2D eigenvalue weighted by Gasteiger charge is -2.07. The molecular weight excluding hydrogens is 240 g/mol. The van der Waals surface area contributed by atoms with Crippen LogP contribution in [0, 0.1) is 0 Å². The Bertz CT molecular complexity index is 515. The Kier molecular flexibility index (Phi) is 4.70. The highest BCUT2D eigenvalue weighted by Gasteiger charge is 1.99. The zero-order valence-electron chi connectivity index (χ0n) is 10.8. The molecule has 3 nitrogen and oxygen atoms in total. The topological polar surface area (TPSA) is 35.5 Å². The number of carbonyl (C=O) groups is 1. The van der Waals surface area contributed by atoms with E-state index in [1.807, 2.05) is 48.5 Å². The lowest BCUT2D eigenvalue weighted by Crippen LogP contribution is -2.03. The zero-order valence-corrected chi connectivity index (χ0v) is 10.8. The maximum Gasteiger partial charge on any atom is 0.150 e. The standard InChI is InChI=1S/C16H16O3/c1-18-10-11-19-16-8-6-15(7-9-16)14-4-2-13(12-17)3-5-14/h2-9,12H,10-11H2,1H3. The fourth-order valence-electron chi connectivity index (χ4n) is 1.74. The summed E-state index contributed by atoms with van der Waals surface area (Å²) in [4.78, 5) is 10.6. The molecule has 0 radical (unpaired) electrons. The summed E-state index contributed by atoms with van der Waals surface area (Å²) < 4.78 is 10.4. The molecule has 19 heavy (non-hydrogen) atoms. The van der Waals surface area contributed by atoms with Crippen molar-refractivity contribution >= 4 is 6.29 Å². The number of benzene rings is 2. The number of rotatable bonds is 6. The molecule has 98 valence electrons. The zero-order chi connectivity index (χ0) is 13.5. The van der Waals surface area contributed by atoms with Crippen molar-refractivity contribution in [2.24, 2.45) is 0 Å². The SMILES string of the molecule is COCCOc1ccc(-c2ccc(C=O)cc2)cc1. The quantitative estimate of drug-likeness (QED) is 0.588. The molecule has 2 rings (SSSR count). The molecule has 0 amide bonds. The molecule has 0 saturated carbocycles. The van der Waals surface area contributed by atoms with Gasteiger partial charge < -0.3 is 9.47 Å². The Morgan fingerprint density at radius 3 is 2.00 bits per heavy atom. The van der Waals surface area contributed by atoms with E-state index in [0.717, 1.165) is 23.2 Å².